The molecule has 0 spiro atoms. The first kappa shape index (κ1) is 23.6. The van der Waals surface area contributed by atoms with Crippen molar-refractivity contribution in [3.63, 3.8) is 0 Å². The highest BCUT2D eigenvalue weighted by Crippen LogP contribution is 2.41. The number of fused-ring (bicyclic) bond motifs is 3. The predicted molar refractivity (Wildman–Crippen MR) is 133 cm³/mol. The van der Waals surface area contributed by atoms with E-state index in [2.05, 4.69) is 80.4 Å². The van der Waals surface area contributed by atoms with Crippen molar-refractivity contribution in [2.45, 2.75) is 65.7 Å². The first-order chi connectivity index (χ1) is 15.0. The molecular weight excluding hydrogens is 416 g/mol. The first-order valence-electron chi connectivity index (χ1n) is 11.0. The van der Waals surface area contributed by atoms with E-state index in [1.54, 1.807) is 13.0 Å². The molecule has 0 unspecified atom stereocenters. The fourth-order valence-corrected chi connectivity index (χ4v) is 4.63. The van der Waals surface area contributed by atoms with Gasteiger partial charge in [-0.15, -0.1) is 5.26 Å². The zero-order valence-corrected chi connectivity index (χ0v) is 21.1. The number of rotatable bonds is 6. The Morgan fingerprint density at radius 2 is 1.84 bits per heavy atom. The molecule has 5 nitrogen and oxygen atoms in total. The molecule has 0 amide bonds. The van der Waals surface area contributed by atoms with Crippen LogP contribution in [0.15, 0.2) is 42.0 Å². The van der Waals surface area contributed by atoms with Crippen molar-refractivity contribution in [1.29, 1.82) is 5.26 Å². The van der Waals surface area contributed by atoms with Gasteiger partial charge < -0.3 is 13.7 Å². The van der Waals surface area contributed by atoms with Crippen LogP contribution in [0.2, 0.25) is 18.1 Å². The molecule has 1 aromatic heterocycles. The Kier molecular flexibility index (Phi) is 6.52. The number of esters is 1. The zero-order chi connectivity index (χ0) is 23.7. The minimum Gasteiger partial charge on any atom is -0.543 e. The van der Waals surface area contributed by atoms with Crippen LogP contribution in [0.5, 0.6) is 5.75 Å². The van der Waals surface area contributed by atoms with Crippen molar-refractivity contribution in [2.75, 3.05) is 0 Å². The topological polar surface area (TPSA) is 64.2 Å². The lowest BCUT2D eigenvalue weighted by molar-refractivity contribution is -0.132. The number of hydrogen-bond donors (Lipinski definition) is 0. The summed E-state index contributed by atoms with van der Waals surface area (Å²) in [4.78, 5) is 12.1. The van der Waals surface area contributed by atoms with Gasteiger partial charge in [0.25, 0.3) is 14.6 Å². The number of carbonyl (C=O) groups excluding carboxylic acids is 1. The molecule has 0 radical (unpaired) electrons. The Hall–Kier alpha value is -3.04. The average Bonchev–Trinajstić information content (AvgIpc) is 3.00. The van der Waals surface area contributed by atoms with Crippen LogP contribution in [0.4, 0.5) is 0 Å². The highest BCUT2D eigenvalue weighted by Gasteiger charge is 2.39. The maximum atomic E-state index is 12.1. The predicted octanol–water partition coefficient (Wildman–Crippen LogP) is 7.02. The summed E-state index contributed by atoms with van der Waals surface area (Å²) in [6.07, 6.45) is 4.24. The van der Waals surface area contributed by atoms with Crippen LogP contribution < -0.4 is 4.43 Å². The SMILES string of the molecule is CCCn1c2ccccc2c2cc(C=C(C)C(=O)OC#N)c(O[Si](C)(C)C(C)(C)C)cc21. The van der Waals surface area contributed by atoms with Crippen molar-refractivity contribution in [1.82, 2.24) is 4.57 Å². The monoisotopic (exact) mass is 448 g/mol. The minimum atomic E-state index is -2.14. The Morgan fingerprint density at radius 1 is 1.16 bits per heavy atom. The molecule has 0 bridgehead atoms. The molecule has 168 valence electrons. The zero-order valence-electron chi connectivity index (χ0n) is 20.1. The molecular formula is C26H32N2O3Si. The van der Waals surface area contributed by atoms with Crippen molar-refractivity contribution in [3.8, 4) is 12.0 Å². The number of nitriles is 1. The molecule has 0 fully saturated rings. The second-order valence-electron chi connectivity index (χ2n) is 9.75. The largest absolute Gasteiger partial charge is 0.543 e. The number of para-hydroxylation sites is 1. The summed E-state index contributed by atoms with van der Waals surface area (Å²) in [7, 11) is -2.14. The maximum absolute atomic E-state index is 12.1. The molecule has 2 aromatic carbocycles. The van der Waals surface area contributed by atoms with E-state index >= 15 is 0 Å². The molecule has 0 N–H and O–H groups in total. The van der Waals surface area contributed by atoms with E-state index in [0.29, 0.717) is 5.57 Å². The van der Waals surface area contributed by atoms with E-state index in [1.807, 2.05) is 6.07 Å². The van der Waals surface area contributed by atoms with Gasteiger partial charge in [-0.2, -0.15) is 0 Å². The number of ether oxygens (including phenoxy) is 1. The first-order valence-corrected chi connectivity index (χ1v) is 13.9. The molecule has 3 rings (SSSR count). The second kappa shape index (κ2) is 8.83. The van der Waals surface area contributed by atoms with Gasteiger partial charge in [-0.05, 0) is 49.7 Å². The highest BCUT2D eigenvalue weighted by molar-refractivity contribution is 6.74. The molecule has 3 aromatic rings. The van der Waals surface area contributed by atoms with E-state index in [0.717, 1.165) is 35.2 Å². The van der Waals surface area contributed by atoms with Gasteiger partial charge in [0.15, 0.2) is 0 Å². The van der Waals surface area contributed by atoms with Crippen LogP contribution in [0.1, 0.15) is 46.6 Å². The average molecular weight is 449 g/mol. The van der Waals surface area contributed by atoms with Crippen LogP contribution in [0.3, 0.4) is 0 Å². The molecule has 32 heavy (non-hydrogen) atoms. The fraction of sp³-hybridized carbons (Fsp3) is 0.385. The summed E-state index contributed by atoms with van der Waals surface area (Å²) in [6, 6.07) is 12.6. The lowest BCUT2D eigenvalue weighted by Gasteiger charge is -2.37. The summed E-state index contributed by atoms with van der Waals surface area (Å²) in [5.41, 5.74) is 3.47. The Morgan fingerprint density at radius 3 is 2.47 bits per heavy atom. The van der Waals surface area contributed by atoms with Crippen molar-refractivity contribution in [2.24, 2.45) is 0 Å². The van der Waals surface area contributed by atoms with Gasteiger partial charge in [-0.25, -0.2) is 4.79 Å². The van der Waals surface area contributed by atoms with Crippen LogP contribution >= 0.6 is 0 Å². The molecule has 0 saturated heterocycles. The van der Waals surface area contributed by atoms with Gasteiger partial charge in [0.05, 0.1) is 5.52 Å². The molecule has 0 atom stereocenters. The molecule has 0 aliphatic heterocycles. The summed E-state index contributed by atoms with van der Waals surface area (Å²) < 4.78 is 13.6. The Labute approximate surface area is 191 Å². The lowest BCUT2D eigenvalue weighted by Crippen LogP contribution is -2.44. The summed E-state index contributed by atoms with van der Waals surface area (Å²) in [6.45, 7) is 15.8. The number of aromatic nitrogens is 1. The number of hydrogen-bond acceptors (Lipinski definition) is 4. The third-order valence-corrected chi connectivity index (χ3v) is 10.7. The molecule has 0 aliphatic carbocycles. The van der Waals surface area contributed by atoms with Gasteiger partial charge in [-0.3, -0.25) is 0 Å². The number of nitrogens with zero attached hydrogens (tertiary/aromatic N) is 2. The number of aryl methyl sites for hydroxylation is 1. The van der Waals surface area contributed by atoms with Crippen molar-refractivity contribution in [3.05, 3.63) is 47.5 Å². The summed E-state index contributed by atoms with van der Waals surface area (Å²) in [5, 5.41) is 11.0. The fourth-order valence-electron chi connectivity index (χ4n) is 3.60. The normalized spacial score (nSPS) is 12.8. The maximum Gasteiger partial charge on any atom is 0.349 e. The number of carbonyl (C=O) groups is 1. The summed E-state index contributed by atoms with van der Waals surface area (Å²) >= 11 is 0. The van der Waals surface area contributed by atoms with Crippen molar-refractivity contribution >= 4 is 42.2 Å². The van der Waals surface area contributed by atoms with E-state index < -0.39 is 14.3 Å². The van der Waals surface area contributed by atoms with E-state index in [1.165, 1.54) is 17.2 Å². The lowest BCUT2D eigenvalue weighted by atomic mass is 10.1. The van der Waals surface area contributed by atoms with E-state index in [4.69, 9.17) is 9.69 Å². The minimum absolute atomic E-state index is 0.0217. The molecule has 6 heteroatoms. The van der Waals surface area contributed by atoms with Crippen LogP contribution in [0, 0.1) is 11.5 Å². The third-order valence-electron chi connectivity index (χ3n) is 6.35. The Balaban J connectivity index is 2.31. The van der Waals surface area contributed by atoms with Gasteiger partial charge in [0, 0.05) is 40.0 Å². The van der Waals surface area contributed by atoms with Crippen LogP contribution in [-0.2, 0) is 16.1 Å². The van der Waals surface area contributed by atoms with Gasteiger partial charge >= 0.3 is 5.97 Å². The number of benzene rings is 2. The molecule has 1 heterocycles. The second-order valence-corrected chi connectivity index (χ2v) is 14.5. The van der Waals surface area contributed by atoms with E-state index in [-0.39, 0.29) is 5.04 Å². The Bertz CT molecular complexity index is 1240. The molecule has 0 aliphatic rings. The van der Waals surface area contributed by atoms with Crippen LogP contribution in [0.25, 0.3) is 27.9 Å². The summed E-state index contributed by atoms with van der Waals surface area (Å²) in [5.74, 6) is 0.104. The smallest absolute Gasteiger partial charge is 0.349 e. The van der Waals surface area contributed by atoms with Gasteiger partial charge in [0.2, 0.25) is 0 Å². The quantitative estimate of drug-likeness (QED) is 0.176. The highest BCUT2D eigenvalue weighted by atomic mass is 28.4. The van der Waals surface area contributed by atoms with Gasteiger partial charge in [-0.1, -0.05) is 45.9 Å². The van der Waals surface area contributed by atoms with Gasteiger partial charge in [0.1, 0.15) is 5.75 Å². The van der Waals surface area contributed by atoms with E-state index in [9.17, 15) is 4.79 Å². The van der Waals surface area contributed by atoms with Crippen molar-refractivity contribution < 1.29 is 14.0 Å². The molecule has 0 saturated carbocycles. The third kappa shape index (κ3) is 4.44. The van der Waals surface area contributed by atoms with Crippen LogP contribution in [-0.4, -0.2) is 18.9 Å². The standard InChI is InChI=1S/C26H32N2O3Si/c1-8-13-28-22-12-10-9-11-20(22)21-15-19(14-18(2)25(29)30-17-27)24(16-23(21)28)31-32(6,7)26(3,4)5/h9-12,14-16H,8,13H2,1-7H3.